The zero-order chi connectivity index (χ0) is 38.2. The Hall–Kier alpha value is -7.82. The third-order valence-corrected chi connectivity index (χ3v) is 11.7. The Kier molecular flexibility index (Phi) is 7.20. The smallest absolute Gasteiger partial charge is 0.160 e. The van der Waals surface area contributed by atoms with E-state index in [-0.39, 0.29) is 0 Å². The van der Waals surface area contributed by atoms with Crippen molar-refractivity contribution in [1.82, 2.24) is 19.1 Å². The fourth-order valence-electron chi connectivity index (χ4n) is 9.03. The molecule has 3 aromatic heterocycles. The molecule has 0 spiro atoms. The number of hydrogen-bond donors (Lipinski definition) is 0. The summed E-state index contributed by atoms with van der Waals surface area (Å²) in [5.74, 6) is 0.724. The van der Waals surface area contributed by atoms with Crippen LogP contribution in [0.4, 0.5) is 0 Å². The highest BCUT2D eigenvalue weighted by molar-refractivity contribution is 6.23. The lowest BCUT2D eigenvalue weighted by Gasteiger charge is -2.13. The second-order valence-electron chi connectivity index (χ2n) is 15.0. The Labute approximate surface area is 334 Å². The Bertz CT molecular complexity index is 3550. The van der Waals surface area contributed by atoms with Gasteiger partial charge in [0.05, 0.1) is 33.3 Å². The molecule has 4 heteroatoms. The van der Waals surface area contributed by atoms with Gasteiger partial charge in [0.15, 0.2) is 5.82 Å². The third-order valence-electron chi connectivity index (χ3n) is 11.7. The molecule has 12 aromatic rings. The Balaban J connectivity index is 1.08. The maximum absolute atomic E-state index is 5.17. The van der Waals surface area contributed by atoms with Crippen LogP contribution in [0.2, 0.25) is 0 Å². The molecule has 9 aromatic carbocycles. The number of rotatable bonds is 5. The van der Waals surface area contributed by atoms with Crippen LogP contribution in [0, 0.1) is 0 Å². The first-order chi connectivity index (χ1) is 28.8. The predicted octanol–water partition coefficient (Wildman–Crippen LogP) is 14.0. The molecule has 4 nitrogen and oxygen atoms in total. The monoisotopic (exact) mass is 738 g/mol. The first-order valence-corrected chi connectivity index (χ1v) is 19.7. The topological polar surface area (TPSA) is 35.6 Å². The van der Waals surface area contributed by atoms with E-state index in [4.69, 9.17) is 9.97 Å². The van der Waals surface area contributed by atoms with Crippen molar-refractivity contribution >= 4 is 65.3 Å². The molecule has 0 radical (unpaired) electrons. The average Bonchev–Trinajstić information content (AvgIpc) is 3.81. The summed E-state index contributed by atoms with van der Waals surface area (Å²) in [5.41, 5.74) is 13.2. The number of hydrogen-bond acceptors (Lipinski definition) is 2. The van der Waals surface area contributed by atoms with Gasteiger partial charge in [-0.15, -0.1) is 0 Å². The summed E-state index contributed by atoms with van der Waals surface area (Å²) in [7, 11) is 0. The van der Waals surface area contributed by atoms with Gasteiger partial charge in [0.2, 0.25) is 0 Å². The summed E-state index contributed by atoms with van der Waals surface area (Å²) in [4.78, 5) is 10.2. The summed E-state index contributed by atoms with van der Waals surface area (Å²) in [5, 5.41) is 8.47. The number of benzene rings is 9. The van der Waals surface area contributed by atoms with Crippen molar-refractivity contribution in [3.63, 3.8) is 0 Å². The second-order valence-corrected chi connectivity index (χ2v) is 15.0. The maximum atomic E-state index is 5.17. The maximum Gasteiger partial charge on any atom is 0.160 e. The molecular weight excluding hydrogens is 705 g/mol. The lowest BCUT2D eigenvalue weighted by Crippen LogP contribution is -1.97. The highest BCUT2D eigenvalue weighted by Crippen LogP contribution is 2.42. The first-order valence-electron chi connectivity index (χ1n) is 19.7. The van der Waals surface area contributed by atoms with Crippen LogP contribution in [0.15, 0.2) is 206 Å². The number of para-hydroxylation sites is 2. The van der Waals surface area contributed by atoms with Crippen molar-refractivity contribution in [3.05, 3.63) is 206 Å². The van der Waals surface area contributed by atoms with Crippen molar-refractivity contribution in [1.29, 1.82) is 0 Å². The van der Waals surface area contributed by atoms with Crippen LogP contribution in [-0.4, -0.2) is 19.1 Å². The van der Waals surface area contributed by atoms with Crippen molar-refractivity contribution in [2.75, 3.05) is 0 Å². The number of fused-ring (bicyclic) bond motifs is 9. The molecule has 0 aliphatic carbocycles. The summed E-state index contributed by atoms with van der Waals surface area (Å²) in [6.45, 7) is 0. The van der Waals surface area contributed by atoms with Crippen LogP contribution in [0.5, 0.6) is 0 Å². The van der Waals surface area contributed by atoms with Crippen LogP contribution < -0.4 is 0 Å². The van der Waals surface area contributed by atoms with Crippen LogP contribution in [0.25, 0.3) is 110 Å². The van der Waals surface area contributed by atoms with Gasteiger partial charge in [0.25, 0.3) is 0 Å². The Morgan fingerprint density at radius 1 is 0.310 bits per heavy atom. The number of nitrogens with zero attached hydrogens (tertiary/aromatic N) is 4. The zero-order valence-corrected chi connectivity index (χ0v) is 31.4. The molecule has 0 saturated carbocycles. The van der Waals surface area contributed by atoms with Crippen LogP contribution in [-0.2, 0) is 0 Å². The highest BCUT2D eigenvalue weighted by atomic mass is 15.0. The molecule has 0 amide bonds. The first kappa shape index (κ1) is 32.4. The SMILES string of the molecule is c1ccc(-c2nc(-c3ccccc3)c3cc(-c4cccc(-n5c6ccccc6c6cc7c8ccc9ccccc9c8n(-c8ccccc8)c7cc65)c4)ccc3n2)cc1. The molecular formula is C54H34N4. The fourth-order valence-corrected chi connectivity index (χ4v) is 9.03. The van der Waals surface area contributed by atoms with E-state index in [1.165, 1.54) is 54.4 Å². The minimum atomic E-state index is 0.724. The van der Waals surface area contributed by atoms with Gasteiger partial charge in [-0.25, -0.2) is 9.97 Å². The van der Waals surface area contributed by atoms with Gasteiger partial charge in [-0.3, -0.25) is 0 Å². The van der Waals surface area contributed by atoms with Gasteiger partial charge in [-0.05, 0) is 71.1 Å². The molecule has 0 unspecified atom stereocenters. The van der Waals surface area contributed by atoms with E-state index in [0.29, 0.717) is 0 Å². The van der Waals surface area contributed by atoms with Crippen LogP contribution in [0.1, 0.15) is 0 Å². The summed E-state index contributed by atoms with van der Waals surface area (Å²) >= 11 is 0. The Morgan fingerprint density at radius 2 is 0.948 bits per heavy atom. The molecule has 0 bridgehead atoms. The standard InChI is InChI=1S/C54H34N4/c1-4-16-36(17-5-1)52-47-32-39(28-30-48(47)55-54(56-52)37-18-6-2-7-19-37)38-20-14-23-41(31-38)57-49-26-13-12-25-43(49)45-33-46-44-29-27-35-15-10-11-24-42(35)53(44)58(51(46)34-50(45)57)40-21-8-3-9-22-40/h1-34H. The lowest BCUT2D eigenvalue weighted by atomic mass is 9.99. The molecule has 58 heavy (non-hydrogen) atoms. The van der Waals surface area contributed by atoms with E-state index in [0.717, 1.165) is 56.0 Å². The quantitative estimate of drug-likeness (QED) is 0.176. The largest absolute Gasteiger partial charge is 0.309 e. The molecule has 270 valence electrons. The number of aromatic nitrogens is 4. The second kappa shape index (κ2) is 12.9. The van der Waals surface area contributed by atoms with Crippen molar-refractivity contribution in [2.24, 2.45) is 0 Å². The minimum absolute atomic E-state index is 0.724. The molecule has 12 rings (SSSR count). The van der Waals surface area contributed by atoms with E-state index in [1.54, 1.807) is 0 Å². The molecule has 0 atom stereocenters. The molecule has 0 aliphatic heterocycles. The van der Waals surface area contributed by atoms with Gasteiger partial charge < -0.3 is 9.13 Å². The predicted molar refractivity (Wildman–Crippen MR) is 242 cm³/mol. The van der Waals surface area contributed by atoms with Gasteiger partial charge in [-0.1, -0.05) is 152 Å². The molecule has 3 heterocycles. The summed E-state index contributed by atoms with van der Waals surface area (Å²) in [6, 6.07) is 73.9. The average molecular weight is 739 g/mol. The van der Waals surface area contributed by atoms with E-state index in [9.17, 15) is 0 Å². The van der Waals surface area contributed by atoms with Crippen molar-refractivity contribution < 1.29 is 0 Å². The molecule has 0 saturated heterocycles. The lowest BCUT2D eigenvalue weighted by molar-refractivity contribution is 1.17. The minimum Gasteiger partial charge on any atom is -0.309 e. The molecule has 0 aliphatic rings. The summed E-state index contributed by atoms with van der Waals surface area (Å²) < 4.78 is 4.89. The third kappa shape index (κ3) is 5.02. The van der Waals surface area contributed by atoms with Gasteiger partial charge in [-0.2, -0.15) is 0 Å². The highest BCUT2D eigenvalue weighted by Gasteiger charge is 2.20. The van der Waals surface area contributed by atoms with Gasteiger partial charge in [0.1, 0.15) is 0 Å². The van der Waals surface area contributed by atoms with Gasteiger partial charge >= 0.3 is 0 Å². The van der Waals surface area contributed by atoms with E-state index in [1.807, 2.05) is 24.3 Å². The normalized spacial score (nSPS) is 11.8. The van der Waals surface area contributed by atoms with E-state index < -0.39 is 0 Å². The molecule has 0 N–H and O–H groups in total. The van der Waals surface area contributed by atoms with Crippen molar-refractivity contribution in [2.45, 2.75) is 0 Å². The zero-order valence-electron chi connectivity index (χ0n) is 31.4. The van der Waals surface area contributed by atoms with Crippen LogP contribution >= 0.6 is 0 Å². The Morgan fingerprint density at radius 3 is 1.78 bits per heavy atom. The van der Waals surface area contributed by atoms with E-state index >= 15 is 0 Å². The van der Waals surface area contributed by atoms with Crippen LogP contribution in [0.3, 0.4) is 0 Å². The van der Waals surface area contributed by atoms with Crippen molar-refractivity contribution in [3.8, 4) is 45.1 Å². The molecule has 0 fully saturated rings. The fraction of sp³-hybridized carbons (Fsp3) is 0. The van der Waals surface area contributed by atoms with Gasteiger partial charge in [0, 0.05) is 54.8 Å². The summed E-state index contributed by atoms with van der Waals surface area (Å²) in [6.07, 6.45) is 0. The van der Waals surface area contributed by atoms with E-state index in [2.05, 4.69) is 191 Å².